The average Bonchev–Trinajstić information content (AvgIpc) is 2.56. The molecule has 1 unspecified atom stereocenters. The highest BCUT2D eigenvalue weighted by Crippen LogP contribution is 2.14. The molecule has 0 fully saturated rings. The fourth-order valence-corrected chi connectivity index (χ4v) is 3.43. The molecule has 1 atom stereocenters. The first-order valence-electron chi connectivity index (χ1n) is 8.36. The lowest BCUT2D eigenvalue weighted by atomic mass is 10.0. The molecule has 2 aromatic carbocycles. The van der Waals surface area contributed by atoms with Crippen molar-refractivity contribution in [3.05, 3.63) is 59.7 Å². The summed E-state index contributed by atoms with van der Waals surface area (Å²) in [5, 5.41) is 9.10. The van der Waals surface area contributed by atoms with Crippen LogP contribution < -0.4 is 0 Å². The highest BCUT2D eigenvalue weighted by Gasteiger charge is 2.01. The van der Waals surface area contributed by atoms with Crippen LogP contribution in [-0.4, -0.2) is 15.1 Å². The maximum absolute atomic E-state index is 11.4. The van der Waals surface area contributed by atoms with Crippen LogP contribution in [0, 0.1) is 0 Å². The molecule has 0 aromatic heterocycles. The van der Waals surface area contributed by atoms with E-state index in [-0.39, 0.29) is 5.75 Å². The number of benzene rings is 2. The Morgan fingerprint density at radius 1 is 0.913 bits per heavy atom. The fourth-order valence-electron chi connectivity index (χ4n) is 2.34. The monoisotopic (exact) mass is 332 g/mol. The molecule has 1 N–H and O–H groups in total. The van der Waals surface area contributed by atoms with Gasteiger partial charge in [0.15, 0.2) is 0 Å². The summed E-state index contributed by atoms with van der Waals surface area (Å²) in [5.41, 5.74) is 3.03. The molecule has 2 rings (SSSR count). The van der Waals surface area contributed by atoms with Gasteiger partial charge in [0.25, 0.3) is 0 Å². The molecule has 3 heteroatoms. The van der Waals surface area contributed by atoms with Crippen LogP contribution in [0.2, 0.25) is 0 Å². The van der Waals surface area contributed by atoms with Gasteiger partial charge in [-0.25, -0.2) is 0 Å². The van der Waals surface area contributed by atoms with E-state index in [2.05, 4.69) is 38.1 Å². The molecule has 126 valence electrons. The highest BCUT2D eigenvalue weighted by atomic mass is 32.2. The van der Waals surface area contributed by atoms with Crippen LogP contribution in [0.1, 0.15) is 44.7 Å². The fraction of sp³-hybridized carbons (Fsp3) is 0.400. The molecule has 2 nitrogen and oxygen atoms in total. The SMILES string of the molecule is CCCS(=O)c1cccc(O)c1.CCCc1ccccc1CC. The minimum atomic E-state index is -0.954. The normalized spacial score (nSPS) is 11.4. The van der Waals surface area contributed by atoms with Crippen molar-refractivity contribution in [3.8, 4) is 5.75 Å². The van der Waals surface area contributed by atoms with Crippen LogP contribution in [0.3, 0.4) is 0 Å². The molecule has 0 saturated heterocycles. The number of rotatable bonds is 6. The van der Waals surface area contributed by atoms with E-state index in [4.69, 9.17) is 5.11 Å². The second-order valence-electron chi connectivity index (χ2n) is 5.42. The summed E-state index contributed by atoms with van der Waals surface area (Å²) in [6.07, 6.45) is 4.53. The van der Waals surface area contributed by atoms with E-state index in [1.807, 2.05) is 6.92 Å². The van der Waals surface area contributed by atoms with Gasteiger partial charge in [-0.1, -0.05) is 57.5 Å². The third kappa shape index (κ3) is 7.00. The molecule has 0 saturated carbocycles. The van der Waals surface area contributed by atoms with Gasteiger partial charge in [0.1, 0.15) is 5.75 Å². The summed E-state index contributed by atoms with van der Waals surface area (Å²) < 4.78 is 11.4. The van der Waals surface area contributed by atoms with Gasteiger partial charge in [-0.2, -0.15) is 0 Å². The van der Waals surface area contributed by atoms with Crippen molar-refractivity contribution in [3.63, 3.8) is 0 Å². The Morgan fingerprint density at radius 2 is 1.61 bits per heavy atom. The lowest BCUT2D eigenvalue weighted by molar-refractivity contribution is 0.473. The van der Waals surface area contributed by atoms with Crippen molar-refractivity contribution < 1.29 is 9.32 Å². The third-order valence-corrected chi connectivity index (χ3v) is 5.05. The van der Waals surface area contributed by atoms with Crippen molar-refractivity contribution in [1.82, 2.24) is 0 Å². The van der Waals surface area contributed by atoms with Gasteiger partial charge in [-0.15, -0.1) is 0 Å². The lowest BCUT2D eigenvalue weighted by Crippen LogP contribution is -1.95. The molecule has 0 aliphatic rings. The summed E-state index contributed by atoms with van der Waals surface area (Å²) in [4.78, 5) is 0.705. The van der Waals surface area contributed by atoms with E-state index in [1.165, 1.54) is 24.0 Å². The van der Waals surface area contributed by atoms with Gasteiger partial charge >= 0.3 is 0 Å². The smallest absolute Gasteiger partial charge is 0.116 e. The number of phenols is 1. The van der Waals surface area contributed by atoms with Crippen LogP contribution in [0.4, 0.5) is 0 Å². The van der Waals surface area contributed by atoms with Gasteiger partial charge < -0.3 is 5.11 Å². The molecule has 0 spiro atoms. The molecular weight excluding hydrogens is 304 g/mol. The van der Waals surface area contributed by atoms with Crippen molar-refractivity contribution in [2.75, 3.05) is 5.75 Å². The summed E-state index contributed by atoms with van der Waals surface area (Å²) >= 11 is 0. The Labute approximate surface area is 143 Å². The Bertz CT molecular complexity index is 608. The van der Waals surface area contributed by atoms with Gasteiger partial charge in [0.2, 0.25) is 0 Å². The first-order chi connectivity index (χ1) is 11.1. The predicted octanol–water partition coefficient (Wildman–Crippen LogP) is 5.11. The molecule has 0 amide bonds. The summed E-state index contributed by atoms with van der Waals surface area (Å²) in [7, 11) is -0.954. The van der Waals surface area contributed by atoms with Crippen molar-refractivity contribution in [2.45, 2.75) is 51.3 Å². The number of phenolic OH excluding ortho intramolecular Hbond substituents is 1. The first kappa shape index (κ1) is 19.4. The van der Waals surface area contributed by atoms with Crippen molar-refractivity contribution in [1.29, 1.82) is 0 Å². The van der Waals surface area contributed by atoms with E-state index >= 15 is 0 Å². The maximum Gasteiger partial charge on any atom is 0.116 e. The molecule has 0 heterocycles. The molecule has 0 aliphatic carbocycles. The quantitative estimate of drug-likeness (QED) is 0.798. The van der Waals surface area contributed by atoms with Crippen molar-refractivity contribution >= 4 is 10.8 Å². The zero-order chi connectivity index (χ0) is 17.1. The third-order valence-electron chi connectivity index (χ3n) is 3.49. The van der Waals surface area contributed by atoms with Crippen LogP contribution in [-0.2, 0) is 23.6 Å². The summed E-state index contributed by atoms with van der Waals surface area (Å²) in [6.45, 7) is 6.43. The molecule has 23 heavy (non-hydrogen) atoms. The second-order valence-corrected chi connectivity index (χ2v) is 6.99. The first-order valence-corrected chi connectivity index (χ1v) is 9.68. The zero-order valence-electron chi connectivity index (χ0n) is 14.4. The van der Waals surface area contributed by atoms with E-state index in [0.717, 1.165) is 12.8 Å². The Kier molecular flexibility index (Phi) is 9.30. The molecule has 0 bridgehead atoms. The minimum absolute atomic E-state index is 0.178. The number of aryl methyl sites for hydroxylation is 2. The molecular formula is C20H28O2S. The van der Waals surface area contributed by atoms with E-state index in [1.54, 1.807) is 24.3 Å². The zero-order valence-corrected chi connectivity index (χ0v) is 15.2. The van der Waals surface area contributed by atoms with Gasteiger partial charge in [0.05, 0.1) is 10.8 Å². The largest absolute Gasteiger partial charge is 0.508 e. The van der Waals surface area contributed by atoms with Crippen LogP contribution in [0.5, 0.6) is 5.75 Å². The van der Waals surface area contributed by atoms with Gasteiger partial charge in [-0.3, -0.25) is 4.21 Å². The van der Waals surface area contributed by atoms with Gasteiger partial charge in [0, 0.05) is 10.6 Å². The standard InChI is InChI=1S/C11H16.C9H12O2S/c1-3-7-11-9-6-5-8-10(11)4-2;1-2-6-12(11)9-5-3-4-8(10)7-9/h5-6,8-9H,3-4,7H2,1-2H3;3-5,7,10H,2,6H2,1H3. The summed E-state index contributed by atoms with van der Waals surface area (Å²) in [5.74, 6) is 0.834. The second kappa shape index (κ2) is 11.0. The minimum Gasteiger partial charge on any atom is -0.508 e. The van der Waals surface area contributed by atoms with E-state index in [9.17, 15) is 4.21 Å². The lowest BCUT2D eigenvalue weighted by Gasteiger charge is -2.04. The van der Waals surface area contributed by atoms with Crippen LogP contribution >= 0.6 is 0 Å². The van der Waals surface area contributed by atoms with E-state index < -0.39 is 10.8 Å². The average molecular weight is 333 g/mol. The maximum atomic E-state index is 11.4. The molecule has 0 aliphatic heterocycles. The molecule has 0 radical (unpaired) electrons. The number of hydrogen-bond donors (Lipinski definition) is 1. The van der Waals surface area contributed by atoms with E-state index in [0.29, 0.717) is 10.6 Å². The van der Waals surface area contributed by atoms with Crippen molar-refractivity contribution in [2.24, 2.45) is 0 Å². The highest BCUT2D eigenvalue weighted by molar-refractivity contribution is 7.85. The predicted molar refractivity (Wildman–Crippen MR) is 99.5 cm³/mol. The molecule has 2 aromatic rings. The Balaban J connectivity index is 0.000000231. The number of hydrogen-bond acceptors (Lipinski definition) is 2. The number of aromatic hydroxyl groups is 1. The topological polar surface area (TPSA) is 37.3 Å². The Hall–Kier alpha value is -1.61. The van der Waals surface area contributed by atoms with Crippen LogP contribution in [0.15, 0.2) is 53.4 Å². The van der Waals surface area contributed by atoms with Gasteiger partial charge in [-0.05, 0) is 48.6 Å². The van der Waals surface area contributed by atoms with Crippen LogP contribution in [0.25, 0.3) is 0 Å². The summed E-state index contributed by atoms with van der Waals surface area (Å²) in [6, 6.07) is 15.3. The Morgan fingerprint density at radius 3 is 2.17 bits per heavy atom.